The highest BCUT2D eigenvalue weighted by molar-refractivity contribution is 7.78. The van der Waals surface area contributed by atoms with Crippen LogP contribution in [0.4, 0.5) is 14.5 Å². The minimum atomic E-state index is -0.876. The van der Waals surface area contributed by atoms with Crippen LogP contribution in [0.3, 0.4) is 0 Å². The topological polar surface area (TPSA) is 21.6 Å². The van der Waals surface area contributed by atoms with Gasteiger partial charge in [-0.3, -0.25) is 0 Å². The Labute approximate surface area is 90.6 Å². The lowest BCUT2D eigenvalue weighted by atomic mass is 10.2. The van der Waals surface area contributed by atoms with Crippen molar-refractivity contribution < 1.29 is 13.5 Å². The first-order valence-corrected chi connectivity index (χ1v) is 4.23. The molecule has 0 aliphatic rings. The maximum absolute atomic E-state index is 13.2. The minimum absolute atomic E-state index is 0.0946. The summed E-state index contributed by atoms with van der Waals surface area (Å²) >= 11 is 4.33. The van der Waals surface area contributed by atoms with E-state index in [9.17, 15) is 8.78 Å². The summed E-state index contributed by atoms with van der Waals surface area (Å²) in [6.07, 6.45) is 4.95. The maximum Gasteiger partial charge on any atom is 0.156 e. The number of halogens is 2. The number of terminal acetylenes is 1. The molecule has 76 valence electrons. The summed E-state index contributed by atoms with van der Waals surface area (Å²) in [5.41, 5.74) is -0.207. The van der Waals surface area contributed by atoms with Crippen molar-refractivity contribution in [1.29, 1.82) is 0 Å². The van der Waals surface area contributed by atoms with Gasteiger partial charge < -0.3 is 4.74 Å². The molecule has 0 N–H and O–H groups in total. The predicted octanol–water partition coefficient (Wildman–Crippen LogP) is 2.71. The molecule has 2 nitrogen and oxygen atoms in total. The average molecular weight is 225 g/mol. The fraction of sp³-hybridized carbons (Fsp3) is 0.100. The molecule has 1 aromatic rings. The van der Waals surface area contributed by atoms with Crippen molar-refractivity contribution in [3.63, 3.8) is 0 Å². The molecule has 0 aliphatic carbocycles. The summed E-state index contributed by atoms with van der Waals surface area (Å²) in [6, 6.07) is 1.65. The first-order valence-electron chi connectivity index (χ1n) is 3.82. The average Bonchev–Trinajstić information content (AvgIpc) is 2.19. The summed E-state index contributed by atoms with van der Waals surface area (Å²) in [4.78, 5) is 3.43. The normalized spacial score (nSPS) is 8.87. The van der Waals surface area contributed by atoms with Crippen molar-refractivity contribution in [2.75, 3.05) is 6.61 Å². The Bertz CT molecular complexity index is 461. The Kier molecular flexibility index (Phi) is 3.92. The highest BCUT2D eigenvalue weighted by Crippen LogP contribution is 2.31. The number of hydrogen-bond acceptors (Lipinski definition) is 3. The van der Waals surface area contributed by atoms with Crippen LogP contribution in [0.5, 0.6) is 5.75 Å². The molecule has 0 bridgehead atoms. The molecule has 0 heterocycles. The Hall–Kier alpha value is -1.76. The van der Waals surface area contributed by atoms with Gasteiger partial charge in [0.15, 0.2) is 17.3 Å². The first-order chi connectivity index (χ1) is 7.19. The van der Waals surface area contributed by atoms with Gasteiger partial charge in [0.1, 0.15) is 12.4 Å². The SMILES string of the molecule is C#CCOc1cc(F)cc(F)c1N=C=S. The van der Waals surface area contributed by atoms with Gasteiger partial charge in [0.05, 0.1) is 5.16 Å². The summed E-state index contributed by atoms with van der Waals surface area (Å²) in [5.74, 6) is 0.424. The van der Waals surface area contributed by atoms with Crippen molar-refractivity contribution in [3.8, 4) is 18.1 Å². The van der Waals surface area contributed by atoms with Gasteiger partial charge in [-0.1, -0.05) is 5.92 Å². The van der Waals surface area contributed by atoms with E-state index in [1.165, 1.54) is 0 Å². The number of benzene rings is 1. The van der Waals surface area contributed by atoms with E-state index in [0.29, 0.717) is 6.07 Å². The number of nitrogens with zero attached hydrogens (tertiary/aromatic N) is 1. The molecular weight excluding hydrogens is 220 g/mol. The van der Waals surface area contributed by atoms with Gasteiger partial charge in [-0.2, -0.15) is 4.99 Å². The zero-order valence-corrected chi connectivity index (χ0v) is 8.28. The largest absolute Gasteiger partial charge is 0.478 e. The summed E-state index contributed by atoms with van der Waals surface area (Å²) in [6.45, 7) is -0.108. The zero-order chi connectivity index (χ0) is 11.3. The first kappa shape index (κ1) is 11.3. The van der Waals surface area contributed by atoms with Crippen molar-refractivity contribution >= 4 is 23.1 Å². The van der Waals surface area contributed by atoms with E-state index >= 15 is 0 Å². The van der Waals surface area contributed by atoms with E-state index in [4.69, 9.17) is 11.2 Å². The van der Waals surface area contributed by atoms with Crippen molar-refractivity contribution in [2.45, 2.75) is 0 Å². The Morgan fingerprint density at radius 2 is 2.20 bits per heavy atom. The van der Waals surface area contributed by atoms with Gasteiger partial charge in [-0.15, -0.1) is 6.42 Å². The standard InChI is InChI=1S/C10H5F2NOS/c1-2-3-14-9-5-7(11)4-8(12)10(9)13-6-15/h1,4-5H,3H2. The molecule has 0 amide bonds. The third-order valence-electron chi connectivity index (χ3n) is 1.46. The lowest BCUT2D eigenvalue weighted by molar-refractivity contribution is 0.366. The van der Waals surface area contributed by atoms with Gasteiger partial charge in [0, 0.05) is 12.1 Å². The number of isothiocyanates is 1. The summed E-state index contributed by atoms with van der Waals surface area (Å²) in [5, 5.41) is 1.98. The molecule has 0 atom stereocenters. The molecule has 1 aromatic carbocycles. The van der Waals surface area contributed by atoms with Crippen LogP contribution in [-0.4, -0.2) is 11.8 Å². The van der Waals surface area contributed by atoms with Crippen molar-refractivity contribution in [1.82, 2.24) is 0 Å². The van der Waals surface area contributed by atoms with Crippen LogP contribution in [0, 0.1) is 24.0 Å². The molecule has 15 heavy (non-hydrogen) atoms. The third-order valence-corrected chi connectivity index (χ3v) is 1.55. The van der Waals surface area contributed by atoms with Crippen molar-refractivity contribution in [3.05, 3.63) is 23.8 Å². The molecule has 0 aromatic heterocycles. The number of aliphatic imine (C=N–C) groups is 1. The molecule has 0 aliphatic heterocycles. The molecule has 0 saturated carbocycles. The molecule has 0 spiro atoms. The molecule has 0 fully saturated rings. The molecule has 0 saturated heterocycles. The van der Waals surface area contributed by atoms with Gasteiger partial charge in [-0.25, -0.2) is 8.78 Å². The second kappa shape index (κ2) is 5.20. The Morgan fingerprint density at radius 3 is 2.80 bits per heavy atom. The highest BCUT2D eigenvalue weighted by Gasteiger charge is 2.11. The van der Waals surface area contributed by atoms with Crippen LogP contribution >= 0.6 is 12.2 Å². The quantitative estimate of drug-likeness (QED) is 0.448. The Morgan fingerprint density at radius 1 is 1.47 bits per heavy atom. The van der Waals surface area contributed by atoms with E-state index in [0.717, 1.165) is 6.07 Å². The maximum atomic E-state index is 13.2. The number of rotatable bonds is 3. The molecule has 0 unspecified atom stereocenters. The second-order valence-electron chi connectivity index (χ2n) is 2.43. The van der Waals surface area contributed by atoms with Gasteiger partial charge >= 0.3 is 0 Å². The number of hydrogen-bond donors (Lipinski definition) is 0. The fourth-order valence-electron chi connectivity index (χ4n) is 0.926. The molecule has 0 radical (unpaired) electrons. The highest BCUT2D eigenvalue weighted by atomic mass is 32.1. The molecule has 5 heteroatoms. The van der Waals surface area contributed by atoms with Crippen LogP contribution in [-0.2, 0) is 0 Å². The van der Waals surface area contributed by atoms with Crippen LogP contribution in [0.15, 0.2) is 17.1 Å². The van der Waals surface area contributed by atoms with Gasteiger partial charge in [-0.05, 0) is 12.2 Å². The predicted molar refractivity (Wildman–Crippen MR) is 55.4 cm³/mol. The van der Waals surface area contributed by atoms with Crippen LogP contribution < -0.4 is 4.74 Å². The lowest BCUT2D eigenvalue weighted by Gasteiger charge is -2.05. The van der Waals surface area contributed by atoms with Crippen LogP contribution in [0.1, 0.15) is 0 Å². The third kappa shape index (κ3) is 2.84. The van der Waals surface area contributed by atoms with Gasteiger partial charge in [0.2, 0.25) is 0 Å². The zero-order valence-electron chi connectivity index (χ0n) is 7.46. The van der Waals surface area contributed by atoms with Crippen molar-refractivity contribution in [2.24, 2.45) is 4.99 Å². The number of ether oxygens (including phenoxy) is 1. The van der Waals surface area contributed by atoms with E-state index < -0.39 is 11.6 Å². The molecule has 1 rings (SSSR count). The smallest absolute Gasteiger partial charge is 0.156 e. The fourth-order valence-corrected chi connectivity index (χ4v) is 1.02. The van der Waals surface area contributed by atoms with E-state index in [-0.39, 0.29) is 18.0 Å². The van der Waals surface area contributed by atoms with E-state index in [1.807, 2.05) is 5.16 Å². The van der Waals surface area contributed by atoms with Crippen LogP contribution in [0.2, 0.25) is 0 Å². The van der Waals surface area contributed by atoms with Gasteiger partial charge in [0.25, 0.3) is 0 Å². The monoisotopic (exact) mass is 225 g/mol. The minimum Gasteiger partial charge on any atom is -0.478 e. The Balaban J connectivity index is 3.21. The summed E-state index contributed by atoms with van der Waals surface area (Å²) < 4.78 is 30.9. The number of thiocarbonyl (C=S) groups is 1. The molecular formula is C10H5F2NOS. The van der Waals surface area contributed by atoms with E-state index in [1.54, 1.807) is 0 Å². The summed E-state index contributed by atoms with van der Waals surface area (Å²) in [7, 11) is 0. The second-order valence-corrected chi connectivity index (χ2v) is 2.61. The van der Waals surface area contributed by atoms with Crippen LogP contribution in [0.25, 0.3) is 0 Å². The lowest BCUT2D eigenvalue weighted by Crippen LogP contribution is -1.96. The van der Waals surface area contributed by atoms with E-state index in [2.05, 4.69) is 23.1 Å².